The van der Waals surface area contributed by atoms with Gasteiger partial charge in [-0.15, -0.1) is 13.2 Å². The van der Waals surface area contributed by atoms with Gasteiger partial charge in [-0.05, 0) is 117 Å². The van der Waals surface area contributed by atoms with E-state index in [2.05, 4.69) is 25.0 Å². The molecule has 0 amide bonds. The smallest absolute Gasteiger partial charge is 0.139 e. The third kappa shape index (κ3) is 6.06. The van der Waals surface area contributed by atoms with Crippen molar-refractivity contribution in [1.82, 2.24) is 0 Å². The molecule has 0 heterocycles. The van der Waals surface area contributed by atoms with E-state index in [1.165, 1.54) is 44.2 Å². The van der Waals surface area contributed by atoms with Gasteiger partial charge in [-0.1, -0.05) is 42.5 Å². The standard InChI is InChI=1S/C32H36F2/c1-3-5-7-23-11-15-28-22-29(17-16-27(28)19-23)30-18-12-25(21-32(30)34)10-14-26-13-9-24(8-6-4-2)20-31(26)33/h3-4,9,12-13,18,20-21,23,27-29H,1-2,5-8,11,15-17,19,22H2. The molecule has 2 aliphatic rings. The van der Waals surface area contributed by atoms with Crippen molar-refractivity contribution in [2.24, 2.45) is 17.8 Å². The lowest BCUT2D eigenvalue weighted by Crippen LogP contribution is -2.30. The van der Waals surface area contributed by atoms with Crippen LogP contribution in [-0.4, -0.2) is 0 Å². The van der Waals surface area contributed by atoms with Crippen molar-refractivity contribution in [2.75, 3.05) is 0 Å². The lowest BCUT2D eigenvalue weighted by atomic mass is 9.63. The van der Waals surface area contributed by atoms with Crippen molar-refractivity contribution < 1.29 is 8.78 Å². The number of allylic oxidation sites excluding steroid dienone is 2. The maximum Gasteiger partial charge on any atom is 0.139 e. The highest BCUT2D eigenvalue weighted by atomic mass is 19.1. The number of aryl methyl sites for hydroxylation is 1. The minimum atomic E-state index is -0.331. The quantitative estimate of drug-likeness (QED) is 0.287. The van der Waals surface area contributed by atoms with Crippen molar-refractivity contribution in [3.05, 3.63) is 95.6 Å². The van der Waals surface area contributed by atoms with Gasteiger partial charge < -0.3 is 0 Å². The number of benzene rings is 2. The van der Waals surface area contributed by atoms with E-state index < -0.39 is 0 Å². The zero-order chi connectivity index (χ0) is 23.9. The molecule has 2 aromatic carbocycles. The zero-order valence-electron chi connectivity index (χ0n) is 20.2. The van der Waals surface area contributed by atoms with E-state index in [0.29, 0.717) is 17.0 Å². The summed E-state index contributed by atoms with van der Waals surface area (Å²) in [6.45, 7) is 7.57. The fourth-order valence-corrected chi connectivity index (χ4v) is 6.04. The van der Waals surface area contributed by atoms with Gasteiger partial charge in [0.2, 0.25) is 0 Å². The fraction of sp³-hybridized carbons (Fsp3) is 0.438. The molecule has 2 heteroatoms. The highest BCUT2D eigenvalue weighted by molar-refractivity contribution is 5.45. The molecule has 0 nitrogen and oxygen atoms in total. The van der Waals surface area contributed by atoms with E-state index in [9.17, 15) is 4.39 Å². The summed E-state index contributed by atoms with van der Waals surface area (Å²) >= 11 is 0. The first-order valence-electron chi connectivity index (χ1n) is 12.9. The number of hydrogen-bond donors (Lipinski definition) is 0. The van der Waals surface area contributed by atoms with Gasteiger partial charge in [0.25, 0.3) is 0 Å². The van der Waals surface area contributed by atoms with Gasteiger partial charge in [-0.25, -0.2) is 8.78 Å². The van der Waals surface area contributed by atoms with Gasteiger partial charge in [0.15, 0.2) is 0 Å². The molecule has 0 aliphatic heterocycles. The Morgan fingerprint density at radius 1 is 0.824 bits per heavy atom. The molecule has 4 rings (SSSR count). The highest BCUT2D eigenvalue weighted by Gasteiger charge is 2.36. The van der Waals surface area contributed by atoms with E-state index >= 15 is 4.39 Å². The maximum atomic E-state index is 15.1. The van der Waals surface area contributed by atoms with Crippen LogP contribution in [-0.2, 0) is 6.42 Å². The molecule has 0 saturated heterocycles. The minimum Gasteiger partial charge on any atom is -0.207 e. The van der Waals surface area contributed by atoms with E-state index in [1.807, 2.05) is 30.4 Å². The monoisotopic (exact) mass is 458 g/mol. The van der Waals surface area contributed by atoms with Gasteiger partial charge in [0.05, 0.1) is 5.56 Å². The summed E-state index contributed by atoms with van der Waals surface area (Å²) in [5.41, 5.74) is 2.69. The van der Waals surface area contributed by atoms with E-state index in [0.717, 1.165) is 61.0 Å². The van der Waals surface area contributed by atoms with Crippen LogP contribution in [0.15, 0.2) is 61.7 Å². The second kappa shape index (κ2) is 11.7. The Kier molecular flexibility index (Phi) is 8.39. The number of halogens is 2. The molecule has 178 valence electrons. The molecule has 0 radical (unpaired) electrons. The van der Waals surface area contributed by atoms with Gasteiger partial charge >= 0.3 is 0 Å². The van der Waals surface area contributed by atoms with Crippen LogP contribution < -0.4 is 0 Å². The maximum absolute atomic E-state index is 15.1. The van der Waals surface area contributed by atoms with Gasteiger partial charge in [-0.3, -0.25) is 0 Å². The summed E-state index contributed by atoms with van der Waals surface area (Å²) in [5, 5.41) is 0. The van der Waals surface area contributed by atoms with Crippen molar-refractivity contribution in [2.45, 2.75) is 70.1 Å². The predicted molar refractivity (Wildman–Crippen MR) is 138 cm³/mol. The van der Waals surface area contributed by atoms with Crippen LogP contribution in [0.5, 0.6) is 0 Å². The van der Waals surface area contributed by atoms with Crippen molar-refractivity contribution >= 4 is 0 Å². The SMILES string of the molecule is C=CCCc1ccc(C#Cc2ccc(C3CCC4CC(CCC=C)CCC4C3)c(F)c2)c(F)c1. The minimum absolute atomic E-state index is 0.171. The first kappa shape index (κ1) is 24.5. The van der Waals surface area contributed by atoms with Gasteiger partial charge in [0.1, 0.15) is 11.6 Å². The third-order valence-electron chi connectivity index (χ3n) is 7.95. The summed E-state index contributed by atoms with van der Waals surface area (Å²) in [5.74, 6) is 8.01. The molecular formula is C32H36F2. The number of rotatable bonds is 7. The molecule has 4 unspecified atom stereocenters. The summed E-state index contributed by atoms with van der Waals surface area (Å²) < 4.78 is 29.5. The van der Waals surface area contributed by atoms with Crippen molar-refractivity contribution in [3.63, 3.8) is 0 Å². The Morgan fingerprint density at radius 2 is 1.62 bits per heavy atom. The zero-order valence-corrected chi connectivity index (χ0v) is 20.2. The molecule has 2 aromatic rings. The van der Waals surface area contributed by atoms with E-state index in [4.69, 9.17) is 0 Å². The molecular weight excluding hydrogens is 422 g/mol. The Hall–Kier alpha value is -2.66. The molecule has 2 aliphatic carbocycles. The van der Waals surface area contributed by atoms with Crippen LogP contribution in [0.2, 0.25) is 0 Å². The van der Waals surface area contributed by atoms with Crippen LogP contribution in [0, 0.1) is 41.2 Å². The number of fused-ring (bicyclic) bond motifs is 1. The Labute approximate surface area is 204 Å². The second-order valence-electron chi connectivity index (χ2n) is 10.2. The van der Waals surface area contributed by atoms with Gasteiger partial charge in [-0.2, -0.15) is 0 Å². The van der Waals surface area contributed by atoms with Gasteiger partial charge in [0, 0.05) is 5.56 Å². The van der Waals surface area contributed by atoms with Crippen molar-refractivity contribution in [1.29, 1.82) is 0 Å². The second-order valence-corrected chi connectivity index (χ2v) is 10.2. The number of hydrogen-bond acceptors (Lipinski definition) is 0. The van der Waals surface area contributed by atoms with Crippen LogP contribution in [0.3, 0.4) is 0 Å². The van der Waals surface area contributed by atoms with Crippen molar-refractivity contribution in [3.8, 4) is 11.8 Å². The third-order valence-corrected chi connectivity index (χ3v) is 7.95. The lowest BCUT2D eigenvalue weighted by molar-refractivity contribution is 0.114. The molecule has 0 N–H and O–H groups in total. The topological polar surface area (TPSA) is 0 Å². The first-order chi connectivity index (χ1) is 16.6. The lowest BCUT2D eigenvalue weighted by Gasteiger charge is -2.42. The normalized spacial score (nSPS) is 23.9. The molecule has 34 heavy (non-hydrogen) atoms. The highest BCUT2D eigenvalue weighted by Crippen LogP contribution is 2.48. The summed E-state index contributed by atoms with van der Waals surface area (Å²) in [6, 6.07) is 10.5. The van der Waals surface area contributed by atoms with E-state index in [1.54, 1.807) is 6.07 Å². The van der Waals surface area contributed by atoms with Crippen LogP contribution >= 0.6 is 0 Å². The Bertz CT molecular complexity index is 1070. The first-order valence-corrected chi connectivity index (χ1v) is 12.9. The molecule has 0 aromatic heterocycles. The molecule has 0 bridgehead atoms. The van der Waals surface area contributed by atoms with Crippen LogP contribution in [0.25, 0.3) is 0 Å². The Balaban J connectivity index is 1.39. The summed E-state index contributed by atoms with van der Waals surface area (Å²) in [7, 11) is 0. The molecule has 2 saturated carbocycles. The van der Waals surface area contributed by atoms with Crippen LogP contribution in [0.4, 0.5) is 8.78 Å². The van der Waals surface area contributed by atoms with E-state index in [-0.39, 0.29) is 11.6 Å². The average molecular weight is 459 g/mol. The molecule has 4 atom stereocenters. The molecule has 0 spiro atoms. The molecule has 2 fully saturated rings. The fourth-order valence-electron chi connectivity index (χ4n) is 6.04. The predicted octanol–water partition coefficient (Wildman–Crippen LogP) is 8.75. The largest absolute Gasteiger partial charge is 0.207 e. The van der Waals surface area contributed by atoms with Crippen LogP contribution in [0.1, 0.15) is 86.0 Å². The summed E-state index contributed by atoms with van der Waals surface area (Å²) in [6.07, 6.45) is 15.2. The Morgan fingerprint density at radius 3 is 2.38 bits per heavy atom. The summed E-state index contributed by atoms with van der Waals surface area (Å²) in [4.78, 5) is 0. The average Bonchev–Trinajstić information content (AvgIpc) is 2.85.